The van der Waals surface area contributed by atoms with Gasteiger partial charge >= 0.3 is 0 Å². The van der Waals surface area contributed by atoms with Crippen LogP contribution in [0.3, 0.4) is 0 Å². The van der Waals surface area contributed by atoms with Crippen LogP contribution in [0.5, 0.6) is 5.75 Å². The lowest BCUT2D eigenvalue weighted by Gasteiger charge is -2.28. The van der Waals surface area contributed by atoms with Gasteiger partial charge in [0.25, 0.3) is 11.8 Å². The van der Waals surface area contributed by atoms with Gasteiger partial charge in [0, 0.05) is 11.5 Å². The molecule has 1 N–H and O–H groups in total. The number of hydrogen-bond donors (Lipinski definition) is 1. The van der Waals surface area contributed by atoms with Crippen molar-refractivity contribution in [3.05, 3.63) is 77.0 Å². The number of anilines is 1. The summed E-state index contributed by atoms with van der Waals surface area (Å²) < 4.78 is 7.05. The van der Waals surface area contributed by atoms with E-state index >= 15 is 0 Å². The van der Waals surface area contributed by atoms with Crippen LogP contribution in [0.15, 0.2) is 54.6 Å². The molecule has 0 bridgehead atoms. The number of carbonyl (C=O) groups excluding carboxylic acids is 3. The maximum atomic E-state index is 13.6. The molecule has 1 unspecified atom stereocenters. The van der Waals surface area contributed by atoms with Gasteiger partial charge in [-0.2, -0.15) is 9.78 Å². The molecule has 0 aliphatic carbocycles. The van der Waals surface area contributed by atoms with Crippen molar-refractivity contribution in [2.75, 3.05) is 12.4 Å². The maximum Gasteiger partial charge on any atom is 0.262 e. The van der Waals surface area contributed by atoms with Gasteiger partial charge in [0.1, 0.15) is 23.1 Å². The first kappa shape index (κ1) is 24.2. The standard InChI is InChI=1S/C28H27N5O4/c1-15(2)25(32-27(35)19-9-6-7-10-20(19)28(32)36)26(34)30-23-14-17(4)31-33(23)22-13-16(3)18-11-8-12-21(37-5)24(18)29-22/h6-15,25H,1-5H3,(H,30,34). The van der Waals surface area contributed by atoms with Crippen LogP contribution in [0.4, 0.5) is 5.82 Å². The van der Waals surface area contributed by atoms with Crippen LogP contribution >= 0.6 is 0 Å². The number of ether oxygens (including phenoxy) is 1. The predicted octanol–water partition coefficient (Wildman–Crippen LogP) is 4.31. The fourth-order valence-electron chi connectivity index (χ4n) is 4.79. The fourth-order valence-corrected chi connectivity index (χ4v) is 4.79. The van der Waals surface area contributed by atoms with Gasteiger partial charge in [0.2, 0.25) is 5.91 Å². The largest absolute Gasteiger partial charge is 0.494 e. The summed E-state index contributed by atoms with van der Waals surface area (Å²) in [6, 6.07) is 14.9. The minimum absolute atomic E-state index is 0.302. The topological polar surface area (TPSA) is 106 Å². The minimum Gasteiger partial charge on any atom is -0.494 e. The number of rotatable bonds is 6. The van der Waals surface area contributed by atoms with Gasteiger partial charge in [-0.05, 0) is 49.6 Å². The first-order chi connectivity index (χ1) is 17.7. The number of para-hydroxylation sites is 1. The normalized spacial score (nSPS) is 13.8. The average Bonchev–Trinajstić information content (AvgIpc) is 3.36. The number of hydrogen-bond acceptors (Lipinski definition) is 6. The summed E-state index contributed by atoms with van der Waals surface area (Å²) in [6.45, 7) is 7.39. The van der Waals surface area contributed by atoms with E-state index in [0.29, 0.717) is 39.7 Å². The van der Waals surface area contributed by atoms with Crippen LogP contribution in [-0.2, 0) is 4.79 Å². The van der Waals surface area contributed by atoms with Crippen LogP contribution in [-0.4, -0.2) is 50.5 Å². The molecule has 37 heavy (non-hydrogen) atoms. The Kier molecular flexibility index (Phi) is 5.99. The zero-order valence-electron chi connectivity index (χ0n) is 21.3. The summed E-state index contributed by atoms with van der Waals surface area (Å²) in [5, 5.41) is 8.40. The highest BCUT2D eigenvalue weighted by molar-refractivity contribution is 6.23. The van der Waals surface area contributed by atoms with Crippen LogP contribution in [0.25, 0.3) is 16.7 Å². The Labute approximate surface area is 214 Å². The number of benzene rings is 2. The van der Waals surface area contributed by atoms with E-state index in [0.717, 1.165) is 15.8 Å². The van der Waals surface area contributed by atoms with Crippen molar-refractivity contribution < 1.29 is 19.1 Å². The third-order valence-corrected chi connectivity index (χ3v) is 6.52. The molecule has 3 amide bonds. The first-order valence-corrected chi connectivity index (χ1v) is 12.0. The van der Waals surface area contributed by atoms with E-state index in [1.165, 1.54) is 0 Å². The predicted molar refractivity (Wildman–Crippen MR) is 139 cm³/mol. The molecule has 3 heterocycles. The smallest absolute Gasteiger partial charge is 0.262 e. The average molecular weight is 498 g/mol. The number of aryl methyl sites for hydroxylation is 2. The molecule has 1 aliphatic heterocycles. The SMILES string of the molecule is COc1cccc2c(C)cc(-n3nc(C)cc3NC(=O)C(C(C)C)N3C(=O)c4ccccc4C3=O)nc12. The number of nitrogens with one attached hydrogen (secondary N) is 1. The fraction of sp³-hybridized carbons (Fsp3) is 0.250. The number of imide groups is 1. The Morgan fingerprint density at radius 1 is 0.973 bits per heavy atom. The monoisotopic (exact) mass is 497 g/mol. The summed E-state index contributed by atoms with van der Waals surface area (Å²) in [6.07, 6.45) is 0. The van der Waals surface area contributed by atoms with Crippen LogP contribution in [0.1, 0.15) is 45.8 Å². The Morgan fingerprint density at radius 3 is 2.27 bits per heavy atom. The van der Waals surface area contributed by atoms with Crippen molar-refractivity contribution >= 4 is 34.4 Å². The third-order valence-electron chi connectivity index (χ3n) is 6.52. The molecule has 1 aliphatic rings. The van der Waals surface area contributed by atoms with Crippen molar-refractivity contribution in [1.82, 2.24) is 19.7 Å². The summed E-state index contributed by atoms with van der Waals surface area (Å²) in [5.41, 5.74) is 2.91. The molecule has 0 spiro atoms. The van der Waals surface area contributed by atoms with Crippen LogP contribution < -0.4 is 10.1 Å². The van der Waals surface area contributed by atoms with E-state index in [1.807, 2.05) is 38.1 Å². The zero-order valence-corrected chi connectivity index (χ0v) is 21.3. The van der Waals surface area contributed by atoms with Crippen molar-refractivity contribution in [2.24, 2.45) is 5.92 Å². The van der Waals surface area contributed by atoms with E-state index in [4.69, 9.17) is 9.72 Å². The molecule has 2 aromatic carbocycles. The van der Waals surface area contributed by atoms with Crippen LogP contribution in [0, 0.1) is 19.8 Å². The third kappa shape index (κ3) is 4.02. The highest BCUT2D eigenvalue weighted by atomic mass is 16.5. The highest BCUT2D eigenvalue weighted by Crippen LogP contribution is 2.30. The summed E-state index contributed by atoms with van der Waals surface area (Å²) in [4.78, 5) is 45.7. The van der Waals surface area contributed by atoms with E-state index in [2.05, 4.69) is 10.4 Å². The molecular formula is C28H27N5O4. The molecule has 1 atom stereocenters. The highest BCUT2D eigenvalue weighted by Gasteiger charge is 2.44. The second-order valence-corrected chi connectivity index (χ2v) is 9.44. The molecule has 0 saturated heterocycles. The van der Waals surface area contributed by atoms with Crippen molar-refractivity contribution in [3.63, 3.8) is 0 Å². The Morgan fingerprint density at radius 2 is 1.65 bits per heavy atom. The zero-order chi connectivity index (χ0) is 26.4. The Bertz CT molecular complexity index is 1540. The number of carbonyl (C=O) groups is 3. The van der Waals surface area contributed by atoms with Gasteiger partial charge in [-0.1, -0.05) is 38.1 Å². The van der Waals surface area contributed by atoms with E-state index in [1.54, 1.807) is 56.0 Å². The second-order valence-electron chi connectivity index (χ2n) is 9.44. The number of fused-ring (bicyclic) bond motifs is 2. The Hall–Kier alpha value is -4.53. The molecular weight excluding hydrogens is 470 g/mol. The lowest BCUT2D eigenvalue weighted by molar-refractivity contribution is -0.121. The number of pyridine rings is 1. The molecule has 9 heteroatoms. The molecule has 188 valence electrons. The quantitative estimate of drug-likeness (QED) is 0.398. The molecule has 4 aromatic rings. The number of methoxy groups -OCH3 is 1. The van der Waals surface area contributed by atoms with Crippen LogP contribution in [0.2, 0.25) is 0 Å². The molecule has 9 nitrogen and oxygen atoms in total. The first-order valence-electron chi connectivity index (χ1n) is 12.0. The second kappa shape index (κ2) is 9.16. The van der Waals surface area contributed by atoms with Gasteiger partial charge < -0.3 is 10.1 Å². The summed E-state index contributed by atoms with van der Waals surface area (Å²) in [7, 11) is 1.59. The van der Waals surface area contributed by atoms with Crippen molar-refractivity contribution in [1.29, 1.82) is 0 Å². The molecule has 5 rings (SSSR count). The van der Waals surface area contributed by atoms with E-state index in [9.17, 15) is 14.4 Å². The number of amides is 3. The molecule has 0 fully saturated rings. The lowest BCUT2D eigenvalue weighted by Crippen LogP contribution is -2.50. The van der Waals surface area contributed by atoms with E-state index in [-0.39, 0.29) is 5.92 Å². The van der Waals surface area contributed by atoms with Crippen molar-refractivity contribution in [2.45, 2.75) is 33.7 Å². The molecule has 2 aromatic heterocycles. The number of nitrogens with zero attached hydrogens (tertiary/aromatic N) is 4. The maximum absolute atomic E-state index is 13.6. The van der Waals surface area contributed by atoms with Crippen molar-refractivity contribution in [3.8, 4) is 11.6 Å². The van der Waals surface area contributed by atoms with Gasteiger partial charge in [0.15, 0.2) is 5.82 Å². The molecule has 0 saturated carbocycles. The van der Waals surface area contributed by atoms with Gasteiger partial charge in [-0.15, -0.1) is 0 Å². The number of aromatic nitrogens is 3. The van der Waals surface area contributed by atoms with Gasteiger partial charge in [-0.3, -0.25) is 19.3 Å². The minimum atomic E-state index is -1.01. The van der Waals surface area contributed by atoms with Gasteiger partial charge in [0.05, 0.1) is 23.9 Å². The summed E-state index contributed by atoms with van der Waals surface area (Å²) in [5.74, 6) is -0.255. The Balaban J connectivity index is 1.52. The molecule has 0 radical (unpaired) electrons. The summed E-state index contributed by atoms with van der Waals surface area (Å²) >= 11 is 0. The lowest BCUT2D eigenvalue weighted by atomic mass is 10.0. The van der Waals surface area contributed by atoms with E-state index < -0.39 is 23.8 Å². The van der Waals surface area contributed by atoms with Gasteiger partial charge in [-0.25, -0.2) is 4.98 Å².